The Morgan fingerprint density at radius 1 is 1.21 bits per heavy atom. The van der Waals surface area contributed by atoms with Gasteiger partial charge in [0.05, 0.1) is 18.6 Å². The molecular formula is C17H18NO5S-. The molecule has 0 spiro atoms. The van der Waals surface area contributed by atoms with E-state index in [1.54, 1.807) is 6.92 Å². The van der Waals surface area contributed by atoms with Gasteiger partial charge in [0, 0.05) is 16.8 Å². The summed E-state index contributed by atoms with van der Waals surface area (Å²) in [5.41, 5.74) is 1.09. The third kappa shape index (κ3) is 2.53. The van der Waals surface area contributed by atoms with Crippen LogP contribution < -0.4 is 10.4 Å². The largest absolute Gasteiger partial charge is 0.550 e. The third-order valence-corrected chi connectivity index (χ3v) is 6.17. The van der Waals surface area contributed by atoms with E-state index < -0.39 is 23.8 Å². The first-order valence-corrected chi connectivity index (χ1v) is 8.55. The van der Waals surface area contributed by atoms with Gasteiger partial charge in [0.15, 0.2) is 0 Å². The molecule has 0 saturated heterocycles. The minimum atomic E-state index is -1.20. The van der Waals surface area contributed by atoms with Crippen LogP contribution in [0.25, 0.3) is 0 Å². The van der Waals surface area contributed by atoms with Crippen LogP contribution in [0.3, 0.4) is 0 Å². The van der Waals surface area contributed by atoms with E-state index >= 15 is 0 Å². The number of carboxylic acid groups (broad SMARTS) is 1. The van der Waals surface area contributed by atoms with Crippen LogP contribution in [-0.4, -0.2) is 25.0 Å². The fourth-order valence-electron chi connectivity index (χ4n) is 3.76. The Kier molecular flexibility index (Phi) is 4.21. The zero-order valence-electron chi connectivity index (χ0n) is 13.6. The zero-order valence-corrected chi connectivity index (χ0v) is 14.4. The zero-order chi connectivity index (χ0) is 17.6. The van der Waals surface area contributed by atoms with Crippen LogP contribution in [-0.2, 0) is 14.3 Å². The van der Waals surface area contributed by atoms with Crippen molar-refractivity contribution in [3.8, 4) is 0 Å². The smallest absolute Gasteiger partial charge is 0.341 e. The number of allylic oxidation sites excluding steroid dienone is 2. The molecule has 7 heteroatoms. The number of thiophene rings is 1. The number of ether oxygens (including phenoxy) is 1. The maximum Gasteiger partial charge on any atom is 0.341 e. The van der Waals surface area contributed by atoms with Crippen molar-refractivity contribution in [1.82, 2.24) is 0 Å². The number of anilines is 1. The Hall–Kier alpha value is -2.15. The molecule has 2 aliphatic rings. The first-order valence-electron chi connectivity index (χ1n) is 7.73. The SMILES string of the molecule is COC(=O)c1c(NC(=O)[C@H]2[C@@H](C(=O)[O-])[C@H]3C=C[C@@H]2C3)sc(C)c1C. The highest BCUT2D eigenvalue weighted by Crippen LogP contribution is 2.48. The molecule has 0 unspecified atom stereocenters. The molecule has 1 saturated carbocycles. The maximum absolute atomic E-state index is 12.7. The number of hydrogen-bond donors (Lipinski definition) is 1. The number of nitrogens with one attached hydrogen (secondary N) is 1. The molecule has 1 amide bonds. The van der Waals surface area contributed by atoms with Crippen molar-refractivity contribution in [1.29, 1.82) is 0 Å². The van der Waals surface area contributed by atoms with Crippen LogP contribution in [0.2, 0.25) is 0 Å². The summed E-state index contributed by atoms with van der Waals surface area (Å²) in [5, 5.41) is 14.6. The number of aryl methyl sites for hydroxylation is 1. The van der Waals surface area contributed by atoms with Crippen molar-refractivity contribution >= 4 is 34.2 Å². The lowest BCUT2D eigenvalue weighted by Gasteiger charge is -2.27. The lowest BCUT2D eigenvalue weighted by molar-refractivity contribution is -0.313. The molecule has 2 bridgehead atoms. The highest BCUT2D eigenvalue weighted by molar-refractivity contribution is 7.16. The molecule has 1 fully saturated rings. The predicted molar refractivity (Wildman–Crippen MR) is 86.5 cm³/mol. The first-order chi connectivity index (χ1) is 11.3. The lowest BCUT2D eigenvalue weighted by Crippen LogP contribution is -2.42. The fraction of sp³-hybridized carbons (Fsp3) is 0.471. The van der Waals surface area contributed by atoms with E-state index in [1.807, 2.05) is 19.1 Å². The van der Waals surface area contributed by atoms with Gasteiger partial charge in [-0.25, -0.2) is 4.79 Å². The van der Waals surface area contributed by atoms with Gasteiger partial charge in [0.2, 0.25) is 5.91 Å². The summed E-state index contributed by atoms with van der Waals surface area (Å²) in [5.74, 6) is -3.83. The Morgan fingerprint density at radius 2 is 1.83 bits per heavy atom. The second-order valence-electron chi connectivity index (χ2n) is 6.29. The van der Waals surface area contributed by atoms with Gasteiger partial charge in [0.25, 0.3) is 0 Å². The number of rotatable bonds is 4. The normalized spacial score (nSPS) is 27.3. The van der Waals surface area contributed by atoms with E-state index in [-0.39, 0.29) is 17.7 Å². The van der Waals surface area contributed by atoms with Crippen molar-refractivity contribution in [2.75, 3.05) is 12.4 Å². The van der Waals surface area contributed by atoms with Gasteiger partial charge in [-0.05, 0) is 37.7 Å². The summed E-state index contributed by atoms with van der Waals surface area (Å²) in [6.07, 6.45) is 4.41. The summed E-state index contributed by atoms with van der Waals surface area (Å²) >= 11 is 1.29. The van der Waals surface area contributed by atoms with Gasteiger partial charge in [-0.15, -0.1) is 11.3 Å². The molecule has 4 atom stereocenters. The fourth-order valence-corrected chi connectivity index (χ4v) is 4.81. The van der Waals surface area contributed by atoms with Crippen LogP contribution in [0.15, 0.2) is 12.2 Å². The highest BCUT2D eigenvalue weighted by Gasteiger charge is 2.48. The summed E-state index contributed by atoms with van der Waals surface area (Å²) < 4.78 is 4.79. The minimum Gasteiger partial charge on any atom is -0.550 e. The standard InChI is InChI=1S/C17H19NO5S/c1-7-8(2)24-15(11(7)17(22)23-3)18-14(19)12-9-4-5-10(6-9)13(12)16(20)21/h4-5,9-10,12-13H,6H2,1-3H3,(H,18,19)(H,20,21)/p-1/t9-,10+,12-,13+/m1/s1. The maximum atomic E-state index is 12.7. The van der Waals surface area contributed by atoms with Gasteiger partial charge >= 0.3 is 5.97 Å². The van der Waals surface area contributed by atoms with Crippen LogP contribution >= 0.6 is 11.3 Å². The summed E-state index contributed by atoms with van der Waals surface area (Å²) in [4.78, 5) is 37.1. The molecule has 1 aromatic heterocycles. The number of fused-ring (bicyclic) bond motifs is 2. The molecule has 3 rings (SSSR count). The van der Waals surface area contributed by atoms with Crippen molar-refractivity contribution in [2.24, 2.45) is 23.7 Å². The molecule has 1 N–H and O–H groups in total. The van der Waals surface area contributed by atoms with Gasteiger partial charge in [-0.2, -0.15) is 0 Å². The van der Waals surface area contributed by atoms with Crippen LogP contribution in [0.1, 0.15) is 27.2 Å². The second kappa shape index (κ2) is 6.05. The van der Waals surface area contributed by atoms with E-state index in [0.29, 0.717) is 17.0 Å². The molecule has 24 heavy (non-hydrogen) atoms. The minimum absolute atomic E-state index is 0.0957. The average Bonchev–Trinajstić information content (AvgIpc) is 3.21. The van der Waals surface area contributed by atoms with Crippen molar-refractivity contribution in [2.45, 2.75) is 20.3 Å². The second-order valence-corrected chi connectivity index (χ2v) is 7.51. The summed E-state index contributed by atoms with van der Waals surface area (Å²) in [6.45, 7) is 3.64. The number of methoxy groups -OCH3 is 1. The van der Waals surface area contributed by atoms with Crippen LogP contribution in [0.5, 0.6) is 0 Å². The molecule has 0 aliphatic heterocycles. The average molecular weight is 348 g/mol. The quantitative estimate of drug-likeness (QED) is 0.653. The number of hydrogen-bond acceptors (Lipinski definition) is 6. The molecule has 0 aromatic carbocycles. The molecular weight excluding hydrogens is 330 g/mol. The number of carbonyl (C=O) groups excluding carboxylic acids is 3. The van der Waals surface area contributed by atoms with Crippen molar-refractivity contribution in [3.05, 3.63) is 28.2 Å². The monoisotopic (exact) mass is 348 g/mol. The molecule has 0 radical (unpaired) electrons. The van der Waals surface area contributed by atoms with Gasteiger partial charge in [0.1, 0.15) is 5.00 Å². The number of amides is 1. The van der Waals surface area contributed by atoms with Gasteiger partial charge in [-0.1, -0.05) is 12.2 Å². The number of carboxylic acids is 1. The Morgan fingerprint density at radius 3 is 2.42 bits per heavy atom. The molecule has 128 valence electrons. The summed E-state index contributed by atoms with van der Waals surface area (Å²) in [7, 11) is 1.28. The molecule has 2 aliphatic carbocycles. The van der Waals surface area contributed by atoms with E-state index in [0.717, 1.165) is 10.4 Å². The van der Waals surface area contributed by atoms with Crippen LogP contribution in [0, 0.1) is 37.5 Å². The third-order valence-electron chi connectivity index (χ3n) is 5.05. The highest BCUT2D eigenvalue weighted by atomic mass is 32.1. The predicted octanol–water partition coefficient (Wildman–Crippen LogP) is 1.28. The van der Waals surface area contributed by atoms with E-state index in [2.05, 4.69) is 5.32 Å². The first kappa shape index (κ1) is 16.7. The molecule has 1 heterocycles. The van der Waals surface area contributed by atoms with Crippen molar-refractivity contribution in [3.63, 3.8) is 0 Å². The molecule has 6 nitrogen and oxygen atoms in total. The Labute approximate surface area is 143 Å². The lowest BCUT2D eigenvalue weighted by atomic mass is 9.82. The number of aliphatic carboxylic acids is 1. The van der Waals surface area contributed by atoms with Crippen molar-refractivity contribution < 1.29 is 24.2 Å². The van der Waals surface area contributed by atoms with Crippen LogP contribution in [0.4, 0.5) is 5.00 Å². The number of carbonyl (C=O) groups is 3. The number of esters is 1. The van der Waals surface area contributed by atoms with Gasteiger partial charge in [-0.3, -0.25) is 4.79 Å². The van der Waals surface area contributed by atoms with E-state index in [4.69, 9.17) is 4.74 Å². The Bertz CT molecular complexity index is 750. The summed E-state index contributed by atoms with van der Waals surface area (Å²) in [6, 6.07) is 0. The van der Waals surface area contributed by atoms with E-state index in [9.17, 15) is 19.5 Å². The van der Waals surface area contributed by atoms with Gasteiger partial charge < -0.3 is 20.0 Å². The Balaban J connectivity index is 1.88. The van der Waals surface area contributed by atoms with E-state index in [1.165, 1.54) is 18.4 Å². The topological polar surface area (TPSA) is 95.5 Å². The molecule has 1 aromatic rings.